The van der Waals surface area contributed by atoms with E-state index in [9.17, 15) is 13.5 Å². The Balaban J connectivity index is 2.69. The number of benzene rings is 1. The molecule has 1 atom stereocenters. The summed E-state index contributed by atoms with van der Waals surface area (Å²) in [6.45, 7) is 1.66. The topological polar surface area (TPSA) is 66.4 Å². The van der Waals surface area contributed by atoms with Crippen molar-refractivity contribution in [2.75, 3.05) is 12.3 Å². The van der Waals surface area contributed by atoms with E-state index in [0.717, 1.165) is 0 Å². The molecule has 1 unspecified atom stereocenters. The van der Waals surface area contributed by atoms with Crippen LogP contribution in [0.3, 0.4) is 0 Å². The molecule has 7 heteroatoms. The first-order valence-electron chi connectivity index (χ1n) is 5.46. The van der Waals surface area contributed by atoms with Gasteiger partial charge in [-0.1, -0.05) is 36.2 Å². The third-order valence-corrected chi connectivity index (χ3v) is 4.41. The quantitative estimate of drug-likeness (QED) is 0.847. The Morgan fingerprint density at radius 2 is 2.06 bits per heavy atom. The van der Waals surface area contributed by atoms with E-state index >= 15 is 0 Å². The van der Waals surface area contributed by atoms with Gasteiger partial charge in [-0.3, -0.25) is 0 Å². The van der Waals surface area contributed by atoms with E-state index in [4.69, 9.17) is 23.2 Å². The first-order valence-corrected chi connectivity index (χ1v) is 7.87. The van der Waals surface area contributed by atoms with E-state index in [2.05, 4.69) is 4.72 Å². The van der Waals surface area contributed by atoms with Gasteiger partial charge >= 0.3 is 0 Å². The lowest BCUT2D eigenvalue weighted by Crippen LogP contribution is -2.30. The SMILES string of the molecule is CCCS(=O)(=O)NCC(O)c1ccc(Cl)cc1Cl. The summed E-state index contributed by atoms with van der Waals surface area (Å²) in [6.07, 6.45) is -0.478. The van der Waals surface area contributed by atoms with Gasteiger partial charge in [0.15, 0.2) is 0 Å². The van der Waals surface area contributed by atoms with Crippen LogP contribution >= 0.6 is 23.2 Å². The number of aliphatic hydroxyl groups excluding tert-OH is 1. The van der Waals surface area contributed by atoms with Crippen LogP contribution in [0.4, 0.5) is 0 Å². The van der Waals surface area contributed by atoms with Crippen LogP contribution in [0.5, 0.6) is 0 Å². The number of nitrogens with one attached hydrogen (secondary N) is 1. The number of rotatable bonds is 6. The summed E-state index contributed by atoms with van der Waals surface area (Å²) < 4.78 is 25.2. The Morgan fingerprint density at radius 1 is 1.39 bits per heavy atom. The molecule has 0 radical (unpaired) electrons. The Hall–Kier alpha value is -0.330. The molecule has 0 aliphatic heterocycles. The average Bonchev–Trinajstić information content (AvgIpc) is 2.26. The Kier molecular flexibility index (Phi) is 5.88. The first-order chi connectivity index (χ1) is 8.35. The van der Waals surface area contributed by atoms with Crippen molar-refractivity contribution in [3.05, 3.63) is 33.8 Å². The van der Waals surface area contributed by atoms with Gasteiger partial charge in [0.1, 0.15) is 0 Å². The van der Waals surface area contributed by atoms with Crippen molar-refractivity contribution in [2.45, 2.75) is 19.4 Å². The van der Waals surface area contributed by atoms with E-state index in [-0.39, 0.29) is 12.3 Å². The zero-order valence-electron chi connectivity index (χ0n) is 9.86. The standard InChI is InChI=1S/C11H15Cl2NO3S/c1-2-5-18(16,17)14-7-11(15)9-4-3-8(12)6-10(9)13/h3-4,6,11,14-15H,2,5,7H2,1H3. The lowest BCUT2D eigenvalue weighted by atomic mass is 10.1. The second-order valence-electron chi connectivity index (χ2n) is 3.85. The van der Waals surface area contributed by atoms with E-state index in [1.54, 1.807) is 19.1 Å². The largest absolute Gasteiger partial charge is 0.387 e. The normalized spacial score (nSPS) is 13.6. The summed E-state index contributed by atoms with van der Waals surface area (Å²) >= 11 is 11.6. The summed E-state index contributed by atoms with van der Waals surface area (Å²) in [7, 11) is -3.33. The van der Waals surface area contributed by atoms with Crippen molar-refractivity contribution in [1.29, 1.82) is 0 Å². The van der Waals surface area contributed by atoms with Gasteiger partial charge in [0.2, 0.25) is 10.0 Å². The van der Waals surface area contributed by atoms with Gasteiger partial charge in [0.25, 0.3) is 0 Å². The lowest BCUT2D eigenvalue weighted by molar-refractivity contribution is 0.182. The number of sulfonamides is 1. The minimum atomic E-state index is -3.33. The van der Waals surface area contributed by atoms with Gasteiger partial charge in [-0.05, 0) is 18.6 Å². The molecule has 102 valence electrons. The Morgan fingerprint density at radius 3 is 2.61 bits per heavy atom. The summed E-state index contributed by atoms with van der Waals surface area (Å²) in [6, 6.07) is 4.66. The molecule has 0 fully saturated rings. The number of halogens is 2. The molecule has 0 aliphatic rings. The molecule has 0 heterocycles. The van der Waals surface area contributed by atoms with Gasteiger partial charge in [-0.2, -0.15) is 0 Å². The van der Waals surface area contributed by atoms with Crippen LogP contribution in [-0.2, 0) is 10.0 Å². The highest BCUT2D eigenvalue weighted by molar-refractivity contribution is 7.89. The minimum absolute atomic E-state index is 0.0358. The number of aliphatic hydroxyl groups is 1. The van der Waals surface area contributed by atoms with Crippen molar-refractivity contribution >= 4 is 33.2 Å². The van der Waals surface area contributed by atoms with E-state index in [0.29, 0.717) is 22.0 Å². The zero-order valence-corrected chi connectivity index (χ0v) is 12.2. The van der Waals surface area contributed by atoms with Crippen LogP contribution in [-0.4, -0.2) is 25.8 Å². The smallest absolute Gasteiger partial charge is 0.211 e. The average molecular weight is 312 g/mol. The molecule has 18 heavy (non-hydrogen) atoms. The third kappa shape index (κ3) is 4.74. The van der Waals surface area contributed by atoms with Crippen molar-refractivity contribution in [1.82, 2.24) is 4.72 Å². The van der Waals surface area contributed by atoms with Crippen molar-refractivity contribution in [2.24, 2.45) is 0 Å². The Bertz CT molecular complexity index is 505. The van der Waals surface area contributed by atoms with Crippen LogP contribution in [0.15, 0.2) is 18.2 Å². The molecule has 4 nitrogen and oxygen atoms in total. The maximum atomic E-state index is 11.4. The molecule has 0 saturated heterocycles. The second kappa shape index (κ2) is 6.73. The van der Waals surface area contributed by atoms with Gasteiger partial charge in [-0.25, -0.2) is 13.1 Å². The summed E-state index contributed by atoms with van der Waals surface area (Å²) in [5.74, 6) is 0.0358. The molecule has 1 rings (SSSR count). The predicted molar refractivity (Wildman–Crippen MR) is 73.5 cm³/mol. The van der Waals surface area contributed by atoms with E-state index < -0.39 is 16.1 Å². The molecule has 2 N–H and O–H groups in total. The molecule has 1 aromatic carbocycles. The highest BCUT2D eigenvalue weighted by Gasteiger charge is 2.15. The summed E-state index contributed by atoms with van der Waals surface area (Å²) in [5, 5.41) is 10.6. The fraction of sp³-hybridized carbons (Fsp3) is 0.455. The van der Waals surface area contributed by atoms with Gasteiger partial charge in [-0.15, -0.1) is 0 Å². The van der Waals surface area contributed by atoms with Crippen molar-refractivity contribution in [3.8, 4) is 0 Å². The first kappa shape index (κ1) is 15.7. The second-order valence-corrected chi connectivity index (χ2v) is 6.62. The maximum Gasteiger partial charge on any atom is 0.211 e. The molecular formula is C11H15Cl2NO3S. The zero-order chi connectivity index (χ0) is 13.8. The molecule has 0 spiro atoms. The number of hydrogen-bond acceptors (Lipinski definition) is 3. The fourth-order valence-corrected chi connectivity index (χ4v) is 3.06. The highest BCUT2D eigenvalue weighted by Crippen LogP contribution is 2.25. The van der Waals surface area contributed by atoms with Gasteiger partial charge < -0.3 is 5.11 Å². The highest BCUT2D eigenvalue weighted by atomic mass is 35.5. The maximum absolute atomic E-state index is 11.4. The van der Waals surface area contributed by atoms with E-state index in [1.807, 2.05) is 0 Å². The van der Waals surface area contributed by atoms with Crippen molar-refractivity contribution < 1.29 is 13.5 Å². The molecule has 0 aliphatic carbocycles. The molecule has 0 aromatic heterocycles. The molecule has 1 aromatic rings. The molecular weight excluding hydrogens is 297 g/mol. The Labute approximate surface area is 117 Å². The van der Waals surface area contributed by atoms with Gasteiger partial charge in [0.05, 0.1) is 11.9 Å². The monoisotopic (exact) mass is 311 g/mol. The summed E-state index contributed by atoms with van der Waals surface area (Å²) in [5.41, 5.74) is 0.445. The van der Waals surface area contributed by atoms with Crippen molar-refractivity contribution in [3.63, 3.8) is 0 Å². The lowest BCUT2D eigenvalue weighted by Gasteiger charge is -2.14. The van der Waals surface area contributed by atoms with Crippen LogP contribution in [0.2, 0.25) is 10.0 Å². The summed E-state index contributed by atoms with van der Waals surface area (Å²) in [4.78, 5) is 0. The van der Waals surface area contributed by atoms with Crippen LogP contribution in [0, 0.1) is 0 Å². The third-order valence-electron chi connectivity index (χ3n) is 2.29. The predicted octanol–water partition coefficient (Wildman–Crippen LogP) is 2.36. The molecule has 0 amide bonds. The van der Waals surface area contributed by atoms with Crippen LogP contribution in [0.25, 0.3) is 0 Å². The van der Waals surface area contributed by atoms with Crippen LogP contribution in [0.1, 0.15) is 25.0 Å². The van der Waals surface area contributed by atoms with Crippen LogP contribution < -0.4 is 4.72 Å². The molecule has 0 saturated carbocycles. The minimum Gasteiger partial charge on any atom is -0.387 e. The van der Waals surface area contributed by atoms with Gasteiger partial charge in [0, 0.05) is 22.2 Å². The fourth-order valence-electron chi connectivity index (χ4n) is 1.43. The van der Waals surface area contributed by atoms with E-state index in [1.165, 1.54) is 6.07 Å². The number of hydrogen-bond donors (Lipinski definition) is 2. The molecule has 0 bridgehead atoms.